The quantitative estimate of drug-likeness (QED) is 0.283. The van der Waals surface area contributed by atoms with Gasteiger partial charge in [-0.3, -0.25) is 0 Å². The van der Waals surface area contributed by atoms with Gasteiger partial charge in [0.1, 0.15) is 12.4 Å². The standard InChI is InChI=1S/C30H32O4/c1-4-6-9-21-12-17-26-24-10-7-8-11-25(24)27(28(26)20-21)18-19-33-23-15-13-22(14-16-23)30(3,29(31)32)34-5-2/h7-8,10-18,20H,4-6,9,19H2,1-3H3,(H,31,32). The molecular formula is C30H32O4. The summed E-state index contributed by atoms with van der Waals surface area (Å²) in [6.07, 6.45) is 5.61. The van der Waals surface area contributed by atoms with Crippen LogP contribution in [0, 0.1) is 0 Å². The van der Waals surface area contributed by atoms with E-state index in [1.807, 2.05) is 0 Å². The van der Waals surface area contributed by atoms with E-state index in [1.165, 1.54) is 46.2 Å². The number of fused-ring (bicyclic) bond motifs is 3. The van der Waals surface area contributed by atoms with Gasteiger partial charge in [-0.05, 0) is 83.9 Å². The minimum Gasteiger partial charge on any atom is -0.490 e. The van der Waals surface area contributed by atoms with Gasteiger partial charge in [-0.1, -0.05) is 67.9 Å². The number of ether oxygens (including phenoxy) is 2. The van der Waals surface area contributed by atoms with Crippen LogP contribution in [0.25, 0.3) is 16.7 Å². The van der Waals surface area contributed by atoms with Gasteiger partial charge in [0.2, 0.25) is 0 Å². The monoisotopic (exact) mass is 456 g/mol. The van der Waals surface area contributed by atoms with Crippen LogP contribution in [-0.2, 0) is 21.6 Å². The van der Waals surface area contributed by atoms with E-state index in [9.17, 15) is 9.90 Å². The first kappa shape index (κ1) is 23.8. The molecule has 0 fully saturated rings. The van der Waals surface area contributed by atoms with Crippen molar-refractivity contribution in [2.45, 2.75) is 45.6 Å². The highest BCUT2D eigenvalue weighted by Crippen LogP contribution is 2.44. The number of carboxylic acid groups (broad SMARTS) is 1. The summed E-state index contributed by atoms with van der Waals surface area (Å²) in [4.78, 5) is 11.7. The van der Waals surface area contributed by atoms with Crippen molar-refractivity contribution in [3.8, 4) is 16.9 Å². The Morgan fingerprint density at radius 2 is 1.65 bits per heavy atom. The van der Waals surface area contributed by atoms with E-state index in [4.69, 9.17) is 9.47 Å². The molecular weight excluding hydrogens is 424 g/mol. The normalized spacial score (nSPS) is 15.0. The summed E-state index contributed by atoms with van der Waals surface area (Å²) >= 11 is 0. The van der Waals surface area contributed by atoms with E-state index >= 15 is 0 Å². The Balaban J connectivity index is 1.55. The molecule has 0 spiro atoms. The number of carboxylic acids is 1. The lowest BCUT2D eigenvalue weighted by atomic mass is 9.96. The smallest absolute Gasteiger partial charge is 0.340 e. The maximum atomic E-state index is 11.7. The molecule has 1 aliphatic carbocycles. The van der Waals surface area contributed by atoms with Crippen LogP contribution >= 0.6 is 0 Å². The Morgan fingerprint density at radius 1 is 0.941 bits per heavy atom. The fourth-order valence-electron chi connectivity index (χ4n) is 4.55. The number of aryl methyl sites for hydroxylation is 1. The molecule has 176 valence electrons. The summed E-state index contributed by atoms with van der Waals surface area (Å²) < 4.78 is 11.5. The van der Waals surface area contributed by atoms with Crippen molar-refractivity contribution in [3.05, 3.63) is 95.1 Å². The molecule has 1 N–H and O–H groups in total. The summed E-state index contributed by atoms with van der Waals surface area (Å²) in [6.45, 7) is 6.32. The molecule has 4 heteroatoms. The molecule has 0 heterocycles. The highest BCUT2D eigenvalue weighted by atomic mass is 16.5. The first-order chi connectivity index (χ1) is 16.5. The number of aliphatic carboxylic acids is 1. The highest BCUT2D eigenvalue weighted by molar-refractivity contribution is 6.01. The van der Waals surface area contributed by atoms with Crippen LogP contribution < -0.4 is 4.74 Å². The molecule has 0 saturated heterocycles. The lowest BCUT2D eigenvalue weighted by Crippen LogP contribution is -2.35. The summed E-state index contributed by atoms with van der Waals surface area (Å²) in [5.74, 6) is -0.322. The third-order valence-corrected chi connectivity index (χ3v) is 6.48. The molecule has 0 bridgehead atoms. The van der Waals surface area contributed by atoms with Gasteiger partial charge in [0.25, 0.3) is 0 Å². The molecule has 1 unspecified atom stereocenters. The highest BCUT2D eigenvalue weighted by Gasteiger charge is 2.36. The van der Waals surface area contributed by atoms with E-state index in [1.54, 1.807) is 38.1 Å². The minimum absolute atomic E-state index is 0.317. The number of benzene rings is 3. The predicted octanol–water partition coefficient (Wildman–Crippen LogP) is 6.86. The fourth-order valence-corrected chi connectivity index (χ4v) is 4.55. The SMILES string of the molecule is CCCCc1ccc2c(c1)C(=CCOc1ccc(C(C)(OCC)C(=O)O)cc1)c1ccccc1-2. The Hall–Kier alpha value is -3.37. The molecule has 4 rings (SSSR count). The minimum atomic E-state index is -1.37. The summed E-state index contributed by atoms with van der Waals surface area (Å²) in [7, 11) is 0. The maximum Gasteiger partial charge on any atom is 0.340 e. The first-order valence-electron chi connectivity index (χ1n) is 12.0. The van der Waals surface area contributed by atoms with Gasteiger partial charge >= 0.3 is 5.97 Å². The molecule has 3 aromatic rings. The van der Waals surface area contributed by atoms with Crippen LogP contribution in [0.3, 0.4) is 0 Å². The van der Waals surface area contributed by atoms with Gasteiger partial charge in [0.15, 0.2) is 5.60 Å². The zero-order valence-electron chi connectivity index (χ0n) is 20.1. The average molecular weight is 457 g/mol. The molecule has 0 radical (unpaired) electrons. The van der Waals surface area contributed by atoms with Crippen molar-refractivity contribution < 1.29 is 19.4 Å². The van der Waals surface area contributed by atoms with Gasteiger partial charge in [-0.2, -0.15) is 0 Å². The summed E-state index contributed by atoms with van der Waals surface area (Å²) in [5.41, 5.74) is 6.82. The van der Waals surface area contributed by atoms with E-state index in [0.717, 1.165) is 6.42 Å². The Bertz CT molecular complexity index is 1190. The lowest BCUT2D eigenvalue weighted by molar-refractivity contribution is -0.164. The molecule has 4 nitrogen and oxygen atoms in total. The fraction of sp³-hybridized carbons (Fsp3) is 0.300. The van der Waals surface area contributed by atoms with Crippen LogP contribution in [0.5, 0.6) is 5.75 Å². The largest absolute Gasteiger partial charge is 0.490 e. The number of hydrogen-bond donors (Lipinski definition) is 1. The maximum absolute atomic E-state index is 11.7. The average Bonchev–Trinajstić information content (AvgIpc) is 3.16. The van der Waals surface area contributed by atoms with E-state index < -0.39 is 11.6 Å². The molecule has 1 atom stereocenters. The van der Waals surface area contributed by atoms with E-state index in [-0.39, 0.29) is 0 Å². The van der Waals surface area contributed by atoms with Gasteiger partial charge in [-0.25, -0.2) is 4.79 Å². The lowest BCUT2D eigenvalue weighted by Gasteiger charge is -2.25. The van der Waals surface area contributed by atoms with Crippen molar-refractivity contribution >= 4 is 11.5 Å². The predicted molar refractivity (Wildman–Crippen MR) is 136 cm³/mol. The molecule has 0 amide bonds. The van der Waals surface area contributed by atoms with Crippen LogP contribution in [0.1, 0.15) is 55.9 Å². The third kappa shape index (κ3) is 4.64. The zero-order valence-corrected chi connectivity index (χ0v) is 20.1. The second-order valence-corrected chi connectivity index (χ2v) is 8.75. The third-order valence-electron chi connectivity index (χ3n) is 6.48. The molecule has 0 aromatic heterocycles. The van der Waals surface area contributed by atoms with Crippen molar-refractivity contribution in [2.75, 3.05) is 13.2 Å². The van der Waals surface area contributed by atoms with Crippen LogP contribution in [-0.4, -0.2) is 24.3 Å². The Kier molecular flexibility index (Phi) is 7.18. The van der Waals surface area contributed by atoms with Crippen molar-refractivity contribution in [1.82, 2.24) is 0 Å². The van der Waals surface area contributed by atoms with Gasteiger partial charge in [0.05, 0.1) is 0 Å². The van der Waals surface area contributed by atoms with E-state index in [0.29, 0.717) is 24.5 Å². The van der Waals surface area contributed by atoms with Crippen molar-refractivity contribution in [3.63, 3.8) is 0 Å². The zero-order chi connectivity index (χ0) is 24.1. The van der Waals surface area contributed by atoms with Crippen LogP contribution in [0.2, 0.25) is 0 Å². The number of rotatable bonds is 10. The second-order valence-electron chi connectivity index (χ2n) is 8.75. The summed E-state index contributed by atoms with van der Waals surface area (Å²) in [6, 6.07) is 22.4. The molecule has 3 aromatic carbocycles. The van der Waals surface area contributed by atoms with Gasteiger partial charge in [-0.15, -0.1) is 0 Å². The number of carbonyl (C=O) groups is 1. The summed E-state index contributed by atoms with van der Waals surface area (Å²) in [5, 5.41) is 9.61. The van der Waals surface area contributed by atoms with Crippen molar-refractivity contribution in [2.24, 2.45) is 0 Å². The van der Waals surface area contributed by atoms with Crippen LogP contribution in [0.4, 0.5) is 0 Å². The van der Waals surface area contributed by atoms with Crippen molar-refractivity contribution in [1.29, 1.82) is 0 Å². The molecule has 34 heavy (non-hydrogen) atoms. The van der Waals surface area contributed by atoms with Crippen LogP contribution in [0.15, 0.2) is 72.8 Å². The molecule has 0 saturated carbocycles. The first-order valence-corrected chi connectivity index (χ1v) is 12.0. The number of hydrogen-bond acceptors (Lipinski definition) is 3. The van der Waals surface area contributed by atoms with Gasteiger partial charge in [0, 0.05) is 6.61 Å². The topological polar surface area (TPSA) is 55.8 Å². The molecule has 0 aliphatic heterocycles. The van der Waals surface area contributed by atoms with E-state index in [2.05, 4.69) is 55.5 Å². The number of unbranched alkanes of at least 4 members (excludes halogenated alkanes) is 1. The Morgan fingerprint density at radius 3 is 2.32 bits per heavy atom. The Labute approximate surface area is 201 Å². The molecule has 1 aliphatic rings. The van der Waals surface area contributed by atoms with Gasteiger partial charge < -0.3 is 14.6 Å². The second kappa shape index (κ2) is 10.3.